The zero-order chi connectivity index (χ0) is 16.3. The Hall–Kier alpha value is -1.79. The first-order valence-corrected chi connectivity index (χ1v) is 7.88. The van der Waals surface area contributed by atoms with Crippen molar-refractivity contribution < 1.29 is 19.5 Å². The van der Waals surface area contributed by atoms with E-state index in [1.165, 1.54) is 0 Å². The first-order valence-electron chi connectivity index (χ1n) is 7.88. The fourth-order valence-corrected chi connectivity index (χ4v) is 3.27. The minimum atomic E-state index is -0.771. The lowest BCUT2D eigenvalue weighted by atomic mass is 9.95. The molecule has 1 aliphatic heterocycles. The van der Waals surface area contributed by atoms with E-state index >= 15 is 0 Å². The van der Waals surface area contributed by atoms with Crippen LogP contribution in [0.15, 0.2) is 0 Å². The topological polar surface area (TPSA) is 90.0 Å². The van der Waals surface area contributed by atoms with Crippen molar-refractivity contribution in [2.45, 2.75) is 38.1 Å². The van der Waals surface area contributed by atoms with Gasteiger partial charge in [0.25, 0.3) is 0 Å². The second-order valence-corrected chi connectivity index (χ2v) is 6.49. The van der Waals surface area contributed by atoms with Crippen LogP contribution in [-0.2, 0) is 9.59 Å². The maximum absolute atomic E-state index is 12.3. The average molecular weight is 311 g/mol. The molecule has 3 amide bonds. The van der Waals surface area contributed by atoms with Gasteiger partial charge in [0, 0.05) is 39.1 Å². The standard InChI is InChI=1S/C15H25N3O4/c1-17(2)15(22)18-7-5-10(6-8-18)13(19)16-12-4-3-11(9-12)14(20)21/h10-12H,3-9H2,1-2H3,(H,16,19)(H,20,21)/t11-,12+/m1/s1. The number of carbonyl (C=O) groups is 3. The first-order chi connectivity index (χ1) is 10.4. The molecule has 7 nitrogen and oxygen atoms in total. The third-order valence-corrected chi connectivity index (χ3v) is 4.65. The van der Waals surface area contributed by atoms with Gasteiger partial charge in [-0.3, -0.25) is 9.59 Å². The second-order valence-electron chi connectivity index (χ2n) is 6.49. The van der Waals surface area contributed by atoms with Crippen molar-refractivity contribution in [3.63, 3.8) is 0 Å². The fourth-order valence-electron chi connectivity index (χ4n) is 3.27. The Balaban J connectivity index is 1.76. The predicted molar refractivity (Wildman–Crippen MR) is 80.3 cm³/mol. The van der Waals surface area contributed by atoms with Crippen molar-refractivity contribution in [1.29, 1.82) is 0 Å². The van der Waals surface area contributed by atoms with Gasteiger partial charge in [0.1, 0.15) is 0 Å². The van der Waals surface area contributed by atoms with Gasteiger partial charge in [-0.05, 0) is 32.1 Å². The van der Waals surface area contributed by atoms with Crippen molar-refractivity contribution in [3.05, 3.63) is 0 Å². The highest BCUT2D eigenvalue weighted by Crippen LogP contribution is 2.26. The molecule has 2 fully saturated rings. The van der Waals surface area contributed by atoms with Crippen molar-refractivity contribution in [3.8, 4) is 0 Å². The molecule has 124 valence electrons. The molecule has 0 aromatic heterocycles. The summed E-state index contributed by atoms with van der Waals surface area (Å²) in [6.07, 6.45) is 3.23. The number of carbonyl (C=O) groups excluding carboxylic acids is 2. The first kappa shape index (κ1) is 16.6. The molecule has 0 aromatic rings. The largest absolute Gasteiger partial charge is 0.481 e. The van der Waals surface area contributed by atoms with Gasteiger partial charge in [0.15, 0.2) is 0 Å². The summed E-state index contributed by atoms with van der Waals surface area (Å²) in [5.41, 5.74) is 0. The quantitative estimate of drug-likeness (QED) is 0.805. The number of amides is 3. The van der Waals surface area contributed by atoms with E-state index in [4.69, 9.17) is 5.11 Å². The van der Waals surface area contributed by atoms with Crippen molar-refractivity contribution in [2.75, 3.05) is 27.2 Å². The highest BCUT2D eigenvalue weighted by atomic mass is 16.4. The Bertz CT molecular complexity index is 444. The number of piperidine rings is 1. The summed E-state index contributed by atoms with van der Waals surface area (Å²) in [5.74, 6) is -1.17. The SMILES string of the molecule is CN(C)C(=O)N1CCC(C(=O)N[C@H]2CC[C@@H](C(=O)O)C2)CC1. The van der Waals surface area contributed by atoms with Gasteiger partial charge in [0.05, 0.1) is 5.92 Å². The van der Waals surface area contributed by atoms with Gasteiger partial charge < -0.3 is 20.2 Å². The molecular weight excluding hydrogens is 286 g/mol. The molecule has 2 aliphatic rings. The van der Waals surface area contributed by atoms with Gasteiger partial charge in [-0.1, -0.05) is 0 Å². The van der Waals surface area contributed by atoms with E-state index in [0.717, 1.165) is 6.42 Å². The monoisotopic (exact) mass is 311 g/mol. The zero-order valence-electron chi connectivity index (χ0n) is 13.2. The summed E-state index contributed by atoms with van der Waals surface area (Å²) in [6, 6.07) is -0.0333. The maximum Gasteiger partial charge on any atom is 0.319 e. The average Bonchev–Trinajstić information content (AvgIpc) is 2.95. The number of carboxylic acid groups (broad SMARTS) is 1. The van der Waals surface area contributed by atoms with Crippen LogP contribution >= 0.6 is 0 Å². The smallest absolute Gasteiger partial charge is 0.319 e. The van der Waals surface area contributed by atoms with E-state index in [2.05, 4.69) is 5.32 Å². The molecule has 0 spiro atoms. The minimum absolute atomic E-state index is 0.00740. The highest BCUT2D eigenvalue weighted by molar-refractivity contribution is 5.80. The minimum Gasteiger partial charge on any atom is -0.481 e. The lowest BCUT2D eigenvalue weighted by Gasteiger charge is -2.33. The van der Waals surface area contributed by atoms with Gasteiger partial charge in [-0.15, -0.1) is 0 Å². The summed E-state index contributed by atoms with van der Waals surface area (Å²) in [5, 5.41) is 12.0. The number of nitrogens with one attached hydrogen (secondary N) is 1. The number of nitrogens with zero attached hydrogens (tertiary/aromatic N) is 2. The number of hydrogen-bond acceptors (Lipinski definition) is 3. The lowest BCUT2D eigenvalue weighted by molar-refractivity contribution is -0.141. The molecule has 0 unspecified atom stereocenters. The van der Waals surface area contributed by atoms with Crippen LogP contribution in [0.3, 0.4) is 0 Å². The Morgan fingerprint density at radius 3 is 2.18 bits per heavy atom. The van der Waals surface area contributed by atoms with Gasteiger partial charge >= 0.3 is 12.0 Å². The molecule has 7 heteroatoms. The molecule has 2 N–H and O–H groups in total. The number of likely N-dealkylation sites (tertiary alicyclic amines) is 1. The molecular formula is C15H25N3O4. The van der Waals surface area contributed by atoms with Crippen molar-refractivity contribution in [2.24, 2.45) is 11.8 Å². The molecule has 22 heavy (non-hydrogen) atoms. The molecule has 1 saturated carbocycles. The molecule has 2 atom stereocenters. The molecule has 1 heterocycles. The summed E-state index contributed by atoms with van der Waals surface area (Å²) < 4.78 is 0. The van der Waals surface area contributed by atoms with Crippen LogP contribution < -0.4 is 5.32 Å². The van der Waals surface area contributed by atoms with E-state index in [9.17, 15) is 14.4 Å². The zero-order valence-corrected chi connectivity index (χ0v) is 13.2. The fraction of sp³-hybridized carbons (Fsp3) is 0.800. The Morgan fingerprint density at radius 2 is 1.68 bits per heavy atom. The van der Waals surface area contributed by atoms with Gasteiger partial charge in [-0.2, -0.15) is 0 Å². The molecule has 2 rings (SSSR count). The molecule has 0 aromatic carbocycles. The molecule has 1 saturated heterocycles. The third kappa shape index (κ3) is 3.90. The van der Waals surface area contributed by atoms with E-state index < -0.39 is 5.97 Å². The lowest BCUT2D eigenvalue weighted by Crippen LogP contribution is -2.47. The Labute approximate surface area is 130 Å². The molecule has 1 aliphatic carbocycles. The molecule has 0 radical (unpaired) electrons. The summed E-state index contributed by atoms with van der Waals surface area (Å²) >= 11 is 0. The summed E-state index contributed by atoms with van der Waals surface area (Å²) in [6.45, 7) is 1.19. The van der Waals surface area contributed by atoms with Crippen LogP contribution in [0, 0.1) is 11.8 Å². The maximum atomic E-state index is 12.3. The third-order valence-electron chi connectivity index (χ3n) is 4.65. The number of carboxylic acids is 1. The van der Waals surface area contributed by atoms with E-state index in [1.54, 1.807) is 23.9 Å². The number of urea groups is 1. The van der Waals surface area contributed by atoms with E-state index in [-0.39, 0.29) is 29.8 Å². The summed E-state index contributed by atoms with van der Waals surface area (Å²) in [4.78, 5) is 38.4. The van der Waals surface area contributed by atoms with E-state index in [0.29, 0.717) is 38.8 Å². The van der Waals surface area contributed by atoms with Crippen LogP contribution in [0.25, 0.3) is 0 Å². The Kier molecular flexibility index (Phi) is 5.26. The second kappa shape index (κ2) is 6.98. The predicted octanol–water partition coefficient (Wildman–Crippen LogP) is 0.750. The van der Waals surface area contributed by atoms with Gasteiger partial charge in [-0.25, -0.2) is 4.79 Å². The van der Waals surface area contributed by atoms with Crippen LogP contribution in [-0.4, -0.2) is 66.0 Å². The van der Waals surface area contributed by atoms with Crippen molar-refractivity contribution >= 4 is 17.9 Å². The normalized spacial score (nSPS) is 25.8. The number of rotatable bonds is 3. The summed E-state index contributed by atoms with van der Waals surface area (Å²) in [7, 11) is 3.44. The highest BCUT2D eigenvalue weighted by Gasteiger charge is 2.33. The number of hydrogen-bond donors (Lipinski definition) is 2. The van der Waals surface area contributed by atoms with Crippen LogP contribution in [0.5, 0.6) is 0 Å². The van der Waals surface area contributed by atoms with Crippen LogP contribution in [0.1, 0.15) is 32.1 Å². The van der Waals surface area contributed by atoms with Crippen molar-refractivity contribution in [1.82, 2.24) is 15.1 Å². The number of aliphatic carboxylic acids is 1. The van der Waals surface area contributed by atoms with Crippen LogP contribution in [0.2, 0.25) is 0 Å². The molecule has 0 bridgehead atoms. The van der Waals surface area contributed by atoms with Gasteiger partial charge in [0.2, 0.25) is 5.91 Å². The van der Waals surface area contributed by atoms with E-state index in [1.807, 2.05) is 0 Å². The Morgan fingerprint density at radius 1 is 1.05 bits per heavy atom. The van der Waals surface area contributed by atoms with Crippen LogP contribution in [0.4, 0.5) is 4.79 Å².